The van der Waals surface area contributed by atoms with E-state index in [0.29, 0.717) is 36.7 Å². The quantitative estimate of drug-likeness (QED) is 0.917. The summed E-state index contributed by atoms with van der Waals surface area (Å²) in [6, 6.07) is 14.4. The van der Waals surface area contributed by atoms with Crippen LogP contribution in [0.5, 0.6) is 0 Å². The second-order valence-electron chi connectivity index (χ2n) is 5.40. The molecule has 0 aliphatic carbocycles. The zero-order valence-electron chi connectivity index (χ0n) is 13.3. The molecule has 1 aliphatic heterocycles. The van der Waals surface area contributed by atoms with Gasteiger partial charge in [-0.2, -0.15) is 0 Å². The van der Waals surface area contributed by atoms with E-state index in [0.717, 1.165) is 5.56 Å². The predicted octanol–water partition coefficient (Wildman–Crippen LogP) is 3.04. The number of carbonyl (C=O) groups excluding carboxylic acids is 2. The summed E-state index contributed by atoms with van der Waals surface area (Å²) < 4.78 is 10.0. The third-order valence-electron chi connectivity index (χ3n) is 3.68. The molecule has 0 unspecified atom stereocenters. The van der Waals surface area contributed by atoms with Gasteiger partial charge in [0.25, 0.3) is 5.91 Å². The number of benzene rings is 2. The van der Waals surface area contributed by atoms with Gasteiger partial charge in [0.2, 0.25) is 0 Å². The highest BCUT2D eigenvalue weighted by atomic mass is 16.6. The molecule has 1 saturated heterocycles. The highest BCUT2D eigenvalue weighted by Crippen LogP contribution is 2.23. The molecule has 1 aliphatic rings. The first kappa shape index (κ1) is 16.0. The van der Waals surface area contributed by atoms with Crippen LogP contribution in [0.25, 0.3) is 0 Å². The van der Waals surface area contributed by atoms with Crippen LogP contribution in [-0.2, 0) is 16.1 Å². The third kappa shape index (κ3) is 3.55. The number of hydrogen-bond acceptors (Lipinski definition) is 4. The standard InChI is InChI=1S/C18H18N2O4/c1-23-12-13-4-2-5-14(10-13)17(21)19-15-6-3-7-16(11-15)20-8-9-24-18(20)22/h2-7,10-11H,8-9,12H2,1H3,(H,19,21). The van der Waals surface area contributed by atoms with Crippen LogP contribution < -0.4 is 10.2 Å². The van der Waals surface area contributed by atoms with Crippen LogP contribution in [-0.4, -0.2) is 32.3 Å². The van der Waals surface area contributed by atoms with Gasteiger partial charge in [-0.25, -0.2) is 4.79 Å². The SMILES string of the molecule is COCc1cccc(C(=O)Nc2cccc(N3CCOC3=O)c2)c1. The van der Waals surface area contributed by atoms with Gasteiger partial charge < -0.3 is 14.8 Å². The molecule has 6 heteroatoms. The van der Waals surface area contributed by atoms with Gasteiger partial charge in [-0.1, -0.05) is 18.2 Å². The van der Waals surface area contributed by atoms with Crippen molar-refractivity contribution in [2.75, 3.05) is 30.5 Å². The minimum Gasteiger partial charge on any atom is -0.447 e. The lowest BCUT2D eigenvalue weighted by Gasteiger charge is -2.14. The van der Waals surface area contributed by atoms with Crippen LogP contribution in [0.15, 0.2) is 48.5 Å². The molecule has 3 rings (SSSR count). The number of ether oxygens (including phenoxy) is 2. The second-order valence-corrected chi connectivity index (χ2v) is 5.40. The van der Waals surface area contributed by atoms with Gasteiger partial charge in [0.05, 0.1) is 13.2 Å². The Morgan fingerprint density at radius 3 is 2.83 bits per heavy atom. The average molecular weight is 326 g/mol. The molecule has 0 atom stereocenters. The molecular weight excluding hydrogens is 308 g/mol. The van der Waals surface area contributed by atoms with Crippen LogP contribution in [0.2, 0.25) is 0 Å². The fourth-order valence-corrected chi connectivity index (χ4v) is 2.55. The first-order chi connectivity index (χ1) is 11.7. The molecule has 2 aromatic carbocycles. The van der Waals surface area contributed by atoms with E-state index in [4.69, 9.17) is 9.47 Å². The summed E-state index contributed by atoms with van der Waals surface area (Å²) in [5.41, 5.74) is 2.80. The second kappa shape index (κ2) is 7.14. The van der Waals surface area contributed by atoms with Gasteiger partial charge in [-0.3, -0.25) is 9.69 Å². The summed E-state index contributed by atoms with van der Waals surface area (Å²) in [4.78, 5) is 25.6. The molecule has 2 aromatic rings. The summed E-state index contributed by atoms with van der Waals surface area (Å²) in [7, 11) is 1.61. The number of rotatable bonds is 5. The molecule has 0 spiro atoms. The molecule has 1 fully saturated rings. The van der Waals surface area contributed by atoms with Crippen LogP contribution >= 0.6 is 0 Å². The van der Waals surface area contributed by atoms with Gasteiger partial charge in [0.15, 0.2) is 0 Å². The van der Waals surface area contributed by atoms with Crippen molar-refractivity contribution in [1.29, 1.82) is 0 Å². The lowest BCUT2D eigenvalue weighted by molar-refractivity contribution is 0.102. The number of amides is 2. The lowest BCUT2D eigenvalue weighted by Crippen LogP contribution is -2.23. The molecule has 0 radical (unpaired) electrons. The zero-order chi connectivity index (χ0) is 16.9. The van der Waals surface area contributed by atoms with Crippen molar-refractivity contribution in [2.24, 2.45) is 0 Å². The molecule has 6 nitrogen and oxygen atoms in total. The summed E-state index contributed by atoms with van der Waals surface area (Å²) in [5.74, 6) is -0.214. The first-order valence-corrected chi connectivity index (χ1v) is 7.61. The molecule has 124 valence electrons. The maximum atomic E-state index is 12.4. The Kier molecular flexibility index (Phi) is 4.77. The molecule has 0 bridgehead atoms. The summed E-state index contributed by atoms with van der Waals surface area (Å²) in [6.07, 6.45) is -0.370. The number of nitrogens with one attached hydrogen (secondary N) is 1. The Balaban J connectivity index is 1.75. The number of methoxy groups -OCH3 is 1. The van der Waals surface area contributed by atoms with E-state index in [-0.39, 0.29) is 12.0 Å². The number of cyclic esters (lactones) is 1. The largest absolute Gasteiger partial charge is 0.447 e. The van der Waals surface area contributed by atoms with Crippen molar-refractivity contribution in [3.8, 4) is 0 Å². The molecular formula is C18H18N2O4. The Bertz CT molecular complexity index is 760. The minimum atomic E-state index is -0.370. The van der Waals surface area contributed by atoms with E-state index in [1.54, 1.807) is 43.5 Å². The van der Waals surface area contributed by atoms with E-state index >= 15 is 0 Å². The van der Waals surface area contributed by atoms with Crippen molar-refractivity contribution in [3.05, 3.63) is 59.7 Å². The Hall–Kier alpha value is -2.86. The molecule has 0 aromatic heterocycles. The first-order valence-electron chi connectivity index (χ1n) is 7.61. The monoisotopic (exact) mass is 326 g/mol. The summed E-state index contributed by atoms with van der Waals surface area (Å²) >= 11 is 0. The summed E-state index contributed by atoms with van der Waals surface area (Å²) in [6.45, 7) is 1.34. The average Bonchev–Trinajstić information content (AvgIpc) is 3.02. The van der Waals surface area contributed by atoms with E-state index in [2.05, 4.69) is 5.32 Å². The number of carbonyl (C=O) groups is 2. The molecule has 1 N–H and O–H groups in total. The normalized spacial score (nSPS) is 13.7. The van der Waals surface area contributed by atoms with E-state index < -0.39 is 0 Å². The minimum absolute atomic E-state index is 0.214. The van der Waals surface area contributed by atoms with E-state index in [9.17, 15) is 9.59 Å². The van der Waals surface area contributed by atoms with Crippen LogP contribution in [0.4, 0.5) is 16.2 Å². The Morgan fingerprint density at radius 1 is 1.25 bits per heavy atom. The van der Waals surface area contributed by atoms with Crippen LogP contribution in [0, 0.1) is 0 Å². The van der Waals surface area contributed by atoms with Crippen molar-refractivity contribution < 1.29 is 19.1 Å². The lowest BCUT2D eigenvalue weighted by atomic mass is 10.1. The maximum absolute atomic E-state index is 12.4. The van der Waals surface area contributed by atoms with Gasteiger partial charge in [-0.05, 0) is 35.9 Å². The van der Waals surface area contributed by atoms with Crippen LogP contribution in [0.1, 0.15) is 15.9 Å². The van der Waals surface area contributed by atoms with E-state index in [1.807, 2.05) is 12.1 Å². The zero-order valence-corrected chi connectivity index (χ0v) is 13.3. The predicted molar refractivity (Wildman–Crippen MR) is 90.2 cm³/mol. The topological polar surface area (TPSA) is 67.9 Å². The number of anilines is 2. The highest BCUT2D eigenvalue weighted by Gasteiger charge is 2.23. The Morgan fingerprint density at radius 2 is 2.08 bits per heavy atom. The van der Waals surface area contributed by atoms with Gasteiger partial charge in [-0.15, -0.1) is 0 Å². The fraction of sp³-hybridized carbons (Fsp3) is 0.222. The van der Waals surface area contributed by atoms with Crippen molar-refractivity contribution >= 4 is 23.4 Å². The van der Waals surface area contributed by atoms with Gasteiger partial charge in [0, 0.05) is 24.0 Å². The Labute approximate surface area is 140 Å². The number of nitrogens with zero attached hydrogens (tertiary/aromatic N) is 1. The highest BCUT2D eigenvalue weighted by molar-refractivity contribution is 6.04. The molecule has 24 heavy (non-hydrogen) atoms. The number of hydrogen-bond donors (Lipinski definition) is 1. The molecule has 2 amide bonds. The fourth-order valence-electron chi connectivity index (χ4n) is 2.55. The van der Waals surface area contributed by atoms with Gasteiger partial charge in [0.1, 0.15) is 6.61 Å². The molecule has 1 heterocycles. The molecule has 0 saturated carbocycles. The smallest absolute Gasteiger partial charge is 0.414 e. The summed E-state index contributed by atoms with van der Waals surface area (Å²) in [5, 5.41) is 2.85. The van der Waals surface area contributed by atoms with Gasteiger partial charge >= 0.3 is 6.09 Å². The maximum Gasteiger partial charge on any atom is 0.414 e. The van der Waals surface area contributed by atoms with Crippen molar-refractivity contribution in [2.45, 2.75) is 6.61 Å². The third-order valence-corrected chi connectivity index (χ3v) is 3.68. The van der Waals surface area contributed by atoms with Crippen molar-refractivity contribution in [3.63, 3.8) is 0 Å². The van der Waals surface area contributed by atoms with Crippen molar-refractivity contribution in [1.82, 2.24) is 0 Å². The van der Waals surface area contributed by atoms with Crippen LogP contribution in [0.3, 0.4) is 0 Å². The van der Waals surface area contributed by atoms with E-state index in [1.165, 1.54) is 4.90 Å².